The summed E-state index contributed by atoms with van der Waals surface area (Å²) >= 11 is 3.40. The molecule has 104 valence electrons. The Balaban J connectivity index is 1.96. The van der Waals surface area contributed by atoms with Gasteiger partial charge in [-0.1, -0.05) is 35.0 Å². The highest BCUT2D eigenvalue weighted by Crippen LogP contribution is 2.27. The molecule has 1 atom stereocenters. The number of carbonyl (C=O) groups excluding carboxylic acids is 1. The zero-order valence-electron chi connectivity index (χ0n) is 11.1. The summed E-state index contributed by atoms with van der Waals surface area (Å²) in [6.45, 7) is 4.92. The van der Waals surface area contributed by atoms with Crippen LogP contribution in [0.25, 0.3) is 0 Å². The lowest BCUT2D eigenvalue weighted by atomic mass is 10.2. The summed E-state index contributed by atoms with van der Waals surface area (Å²) in [7, 11) is 0. The average Bonchev–Trinajstić information content (AvgIpc) is 2.46. The van der Waals surface area contributed by atoms with Crippen molar-refractivity contribution in [1.29, 1.82) is 0 Å². The quantitative estimate of drug-likeness (QED) is 0.866. The van der Waals surface area contributed by atoms with Crippen LogP contribution in [0.3, 0.4) is 0 Å². The number of amides is 1. The number of hydrogen-bond acceptors (Lipinski definition) is 3. The summed E-state index contributed by atoms with van der Waals surface area (Å²) in [6.07, 6.45) is 0.804. The number of phenols is 1. The highest BCUT2D eigenvalue weighted by Gasteiger charge is 2.25. The summed E-state index contributed by atoms with van der Waals surface area (Å²) in [5.74, 6) is 0.466. The minimum Gasteiger partial charge on any atom is -0.506 e. The van der Waals surface area contributed by atoms with Gasteiger partial charge in [0.1, 0.15) is 5.75 Å². The van der Waals surface area contributed by atoms with Gasteiger partial charge in [0.15, 0.2) is 0 Å². The molecule has 1 aliphatic heterocycles. The van der Waals surface area contributed by atoms with Crippen LogP contribution in [0.15, 0.2) is 24.3 Å². The van der Waals surface area contributed by atoms with Gasteiger partial charge in [-0.3, -0.25) is 4.79 Å². The van der Waals surface area contributed by atoms with Crippen LogP contribution in [0.5, 0.6) is 5.75 Å². The van der Waals surface area contributed by atoms with Crippen molar-refractivity contribution in [3.05, 3.63) is 24.3 Å². The molecular formula is C14H19BrN2O2. The third-order valence-corrected chi connectivity index (χ3v) is 4.48. The van der Waals surface area contributed by atoms with E-state index in [1.54, 1.807) is 6.07 Å². The number of anilines is 1. The molecule has 1 N–H and O–H groups in total. The fourth-order valence-electron chi connectivity index (χ4n) is 2.27. The van der Waals surface area contributed by atoms with E-state index >= 15 is 0 Å². The smallest absolute Gasteiger partial charge is 0.236 e. The Hall–Kier alpha value is -1.23. The Bertz CT molecular complexity index is 445. The standard InChI is InChI=1S/C14H19BrN2O2/c1-2-11(15)14(19)17-9-7-16(8-10-17)12-5-3-4-6-13(12)18/h3-6,11,18H,2,7-10H2,1H3. The van der Waals surface area contributed by atoms with Crippen LogP contribution in [0, 0.1) is 0 Å². The van der Waals surface area contributed by atoms with E-state index in [-0.39, 0.29) is 10.7 Å². The Morgan fingerprint density at radius 1 is 1.32 bits per heavy atom. The number of nitrogens with zero attached hydrogens (tertiary/aromatic N) is 2. The lowest BCUT2D eigenvalue weighted by Gasteiger charge is -2.37. The number of aromatic hydroxyl groups is 1. The highest BCUT2D eigenvalue weighted by atomic mass is 79.9. The first-order valence-corrected chi connectivity index (χ1v) is 7.51. The molecule has 5 heteroatoms. The van der Waals surface area contributed by atoms with E-state index in [4.69, 9.17) is 0 Å². The Morgan fingerprint density at radius 3 is 2.53 bits per heavy atom. The minimum atomic E-state index is -0.0795. The second-order valence-corrected chi connectivity index (χ2v) is 5.78. The second-order valence-electron chi connectivity index (χ2n) is 4.68. The van der Waals surface area contributed by atoms with Gasteiger partial charge in [0.25, 0.3) is 0 Å². The molecule has 0 radical (unpaired) electrons. The molecule has 2 rings (SSSR count). The lowest BCUT2D eigenvalue weighted by Crippen LogP contribution is -2.50. The molecule has 19 heavy (non-hydrogen) atoms. The number of alkyl halides is 1. The Kier molecular flexibility index (Phi) is 4.69. The summed E-state index contributed by atoms with van der Waals surface area (Å²) in [5, 5.41) is 9.83. The molecule has 1 aromatic carbocycles. The molecule has 0 aliphatic carbocycles. The van der Waals surface area contributed by atoms with E-state index in [9.17, 15) is 9.90 Å². The van der Waals surface area contributed by atoms with Crippen molar-refractivity contribution in [2.45, 2.75) is 18.2 Å². The van der Waals surface area contributed by atoms with Gasteiger partial charge in [-0.2, -0.15) is 0 Å². The van der Waals surface area contributed by atoms with Crippen LogP contribution in [0.4, 0.5) is 5.69 Å². The number of para-hydroxylation sites is 2. The van der Waals surface area contributed by atoms with E-state index in [1.807, 2.05) is 30.0 Å². The Labute approximate surface area is 122 Å². The Morgan fingerprint density at radius 2 is 1.95 bits per heavy atom. The van der Waals surface area contributed by atoms with Gasteiger partial charge in [-0.25, -0.2) is 0 Å². The van der Waals surface area contributed by atoms with Gasteiger partial charge in [0.05, 0.1) is 10.5 Å². The molecule has 1 aromatic rings. The van der Waals surface area contributed by atoms with Crippen LogP contribution in [0.2, 0.25) is 0 Å². The first-order chi connectivity index (χ1) is 9.13. The monoisotopic (exact) mass is 326 g/mol. The molecule has 1 heterocycles. The third kappa shape index (κ3) is 3.21. The molecule has 1 aliphatic rings. The lowest BCUT2D eigenvalue weighted by molar-refractivity contribution is -0.130. The maximum absolute atomic E-state index is 12.1. The molecule has 1 amide bonds. The number of hydrogen-bond donors (Lipinski definition) is 1. The molecule has 1 fully saturated rings. The van der Waals surface area contributed by atoms with Gasteiger partial charge in [-0.15, -0.1) is 0 Å². The number of piperazine rings is 1. The normalized spacial score (nSPS) is 17.4. The van der Waals surface area contributed by atoms with Crippen LogP contribution >= 0.6 is 15.9 Å². The van der Waals surface area contributed by atoms with E-state index < -0.39 is 0 Å². The van der Waals surface area contributed by atoms with Crippen LogP contribution in [-0.4, -0.2) is 46.9 Å². The molecule has 0 saturated carbocycles. The maximum atomic E-state index is 12.1. The summed E-state index contributed by atoms with van der Waals surface area (Å²) in [6, 6.07) is 7.33. The van der Waals surface area contributed by atoms with E-state index in [2.05, 4.69) is 20.8 Å². The predicted octanol–water partition coefficient (Wildman–Crippen LogP) is 2.21. The second kappa shape index (κ2) is 6.28. The van der Waals surface area contributed by atoms with E-state index in [1.165, 1.54) is 0 Å². The van der Waals surface area contributed by atoms with Crippen LogP contribution in [-0.2, 0) is 4.79 Å². The van der Waals surface area contributed by atoms with Crippen LogP contribution < -0.4 is 4.90 Å². The SMILES string of the molecule is CCC(Br)C(=O)N1CCN(c2ccccc2O)CC1. The number of carbonyl (C=O) groups is 1. The van der Waals surface area contributed by atoms with Gasteiger partial charge in [0.2, 0.25) is 5.91 Å². The average molecular weight is 327 g/mol. The first-order valence-electron chi connectivity index (χ1n) is 6.59. The van der Waals surface area contributed by atoms with Gasteiger partial charge in [0, 0.05) is 26.2 Å². The predicted molar refractivity (Wildman–Crippen MR) is 79.9 cm³/mol. The summed E-state index contributed by atoms with van der Waals surface area (Å²) in [5.41, 5.74) is 0.848. The van der Waals surface area contributed by atoms with Gasteiger partial charge in [-0.05, 0) is 18.6 Å². The van der Waals surface area contributed by atoms with Crippen molar-refractivity contribution >= 4 is 27.5 Å². The summed E-state index contributed by atoms with van der Waals surface area (Å²) < 4.78 is 0. The fraction of sp³-hybridized carbons (Fsp3) is 0.500. The van der Waals surface area contributed by atoms with Gasteiger partial charge < -0.3 is 14.9 Å². The number of phenolic OH excluding ortho intramolecular Hbond substituents is 1. The minimum absolute atomic E-state index is 0.0795. The van der Waals surface area contributed by atoms with Gasteiger partial charge >= 0.3 is 0 Å². The highest BCUT2D eigenvalue weighted by molar-refractivity contribution is 9.10. The molecular weight excluding hydrogens is 308 g/mol. The van der Waals surface area contributed by atoms with Crippen LogP contribution in [0.1, 0.15) is 13.3 Å². The molecule has 0 aromatic heterocycles. The van der Waals surface area contributed by atoms with Crippen molar-refractivity contribution < 1.29 is 9.90 Å². The number of halogens is 1. The molecule has 4 nitrogen and oxygen atoms in total. The maximum Gasteiger partial charge on any atom is 0.236 e. The van der Waals surface area contributed by atoms with Crippen molar-refractivity contribution in [1.82, 2.24) is 4.90 Å². The summed E-state index contributed by atoms with van der Waals surface area (Å²) in [4.78, 5) is 16.0. The molecule has 1 saturated heterocycles. The largest absolute Gasteiger partial charge is 0.506 e. The van der Waals surface area contributed by atoms with E-state index in [0.29, 0.717) is 18.8 Å². The zero-order chi connectivity index (χ0) is 13.8. The third-order valence-electron chi connectivity index (χ3n) is 3.44. The molecule has 0 bridgehead atoms. The van der Waals surface area contributed by atoms with Crippen molar-refractivity contribution in [3.8, 4) is 5.75 Å². The molecule has 0 spiro atoms. The van der Waals surface area contributed by atoms with E-state index in [0.717, 1.165) is 25.2 Å². The topological polar surface area (TPSA) is 43.8 Å². The fourth-order valence-corrected chi connectivity index (χ4v) is 2.56. The number of benzene rings is 1. The zero-order valence-corrected chi connectivity index (χ0v) is 12.6. The first kappa shape index (κ1) is 14.2. The molecule has 1 unspecified atom stereocenters. The van der Waals surface area contributed by atoms with Crippen molar-refractivity contribution in [2.24, 2.45) is 0 Å². The number of rotatable bonds is 3. The van der Waals surface area contributed by atoms with Crippen molar-refractivity contribution in [3.63, 3.8) is 0 Å². The van der Waals surface area contributed by atoms with Crippen molar-refractivity contribution in [2.75, 3.05) is 31.1 Å².